The summed E-state index contributed by atoms with van der Waals surface area (Å²) in [4.78, 5) is 2.67. The molecule has 0 saturated heterocycles. The molecule has 20 heavy (non-hydrogen) atoms. The topological polar surface area (TPSA) is 15.3 Å². The van der Waals surface area contributed by atoms with Crippen molar-refractivity contribution in [2.75, 3.05) is 13.1 Å². The van der Waals surface area contributed by atoms with Gasteiger partial charge in [-0.2, -0.15) is 0 Å². The molecule has 0 aliphatic heterocycles. The number of nitrogens with one attached hydrogen (secondary N) is 1. The van der Waals surface area contributed by atoms with Crippen molar-refractivity contribution < 1.29 is 0 Å². The van der Waals surface area contributed by atoms with Gasteiger partial charge >= 0.3 is 0 Å². The number of rotatable bonds is 6. The molecule has 0 heterocycles. The molecule has 112 valence electrons. The molecule has 1 N–H and O–H groups in total. The smallest absolute Gasteiger partial charge is 0.0239 e. The summed E-state index contributed by atoms with van der Waals surface area (Å²) in [5, 5.41) is 3.60. The van der Waals surface area contributed by atoms with Crippen molar-refractivity contribution in [2.45, 2.75) is 65.1 Å². The van der Waals surface area contributed by atoms with Crippen molar-refractivity contribution in [1.82, 2.24) is 10.2 Å². The van der Waals surface area contributed by atoms with Gasteiger partial charge in [0.1, 0.15) is 0 Å². The third-order valence-corrected chi connectivity index (χ3v) is 4.75. The fraction of sp³-hybridized carbons (Fsp3) is 0.667. The molecule has 1 saturated carbocycles. The second-order valence-corrected chi connectivity index (χ2v) is 6.05. The largest absolute Gasteiger partial charge is 0.314 e. The Morgan fingerprint density at radius 2 is 1.80 bits per heavy atom. The summed E-state index contributed by atoms with van der Waals surface area (Å²) in [6.45, 7) is 10.1. The summed E-state index contributed by atoms with van der Waals surface area (Å²) in [5.74, 6) is 0. The molecule has 0 spiro atoms. The van der Waals surface area contributed by atoms with E-state index in [2.05, 4.69) is 55.3 Å². The molecule has 0 aromatic heterocycles. The Balaban J connectivity index is 1.91. The van der Waals surface area contributed by atoms with Crippen molar-refractivity contribution in [3.05, 3.63) is 35.4 Å². The standard InChI is InChI=1S/C18H30N2/c1-4-19-17-10-12-18(13-11-17)20(5-2)14-16-9-7-6-8-15(16)3/h6-9,17-19H,4-5,10-14H2,1-3H3. The average molecular weight is 274 g/mol. The highest BCUT2D eigenvalue weighted by Crippen LogP contribution is 2.25. The van der Waals surface area contributed by atoms with Crippen molar-refractivity contribution in [2.24, 2.45) is 0 Å². The van der Waals surface area contributed by atoms with Crippen LogP contribution < -0.4 is 5.32 Å². The van der Waals surface area contributed by atoms with E-state index in [1.165, 1.54) is 36.8 Å². The highest BCUT2D eigenvalue weighted by atomic mass is 15.1. The molecule has 1 aromatic carbocycles. The maximum absolute atomic E-state index is 3.60. The molecule has 1 aliphatic carbocycles. The Bertz CT molecular complexity index is 394. The second kappa shape index (κ2) is 7.80. The van der Waals surface area contributed by atoms with Gasteiger partial charge < -0.3 is 5.32 Å². The van der Waals surface area contributed by atoms with Crippen LogP contribution in [0.2, 0.25) is 0 Å². The van der Waals surface area contributed by atoms with Crippen LogP contribution in [-0.4, -0.2) is 30.1 Å². The van der Waals surface area contributed by atoms with E-state index in [0.717, 1.165) is 31.7 Å². The van der Waals surface area contributed by atoms with Crippen LogP contribution in [0.25, 0.3) is 0 Å². The monoisotopic (exact) mass is 274 g/mol. The van der Waals surface area contributed by atoms with Crippen LogP contribution >= 0.6 is 0 Å². The van der Waals surface area contributed by atoms with Gasteiger partial charge in [0.2, 0.25) is 0 Å². The summed E-state index contributed by atoms with van der Waals surface area (Å²) < 4.78 is 0. The molecule has 0 amide bonds. The summed E-state index contributed by atoms with van der Waals surface area (Å²) in [6.07, 6.45) is 5.36. The lowest BCUT2D eigenvalue weighted by Crippen LogP contribution is -2.42. The highest BCUT2D eigenvalue weighted by Gasteiger charge is 2.24. The van der Waals surface area contributed by atoms with Gasteiger partial charge in [-0.15, -0.1) is 0 Å². The first-order chi connectivity index (χ1) is 9.74. The van der Waals surface area contributed by atoms with E-state index in [4.69, 9.17) is 0 Å². The lowest BCUT2D eigenvalue weighted by Gasteiger charge is -2.37. The van der Waals surface area contributed by atoms with Gasteiger partial charge in [0.25, 0.3) is 0 Å². The Hall–Kier alpha value is -0.860. The Kier molecular flexibility index (Phi) is 6.06. The minimum Gasteiger partial charge on any atom is -0.314 e. The van der Waals surface area contributed by atoms with E-state index < -0.39 is 0 Å². The fourth-order valence-corrected chi connectivity index (χ4v) is 3.44. The van der Waals surface area contributed by atoms with E-state index in [0.29, 0.717) is 0 Å². The maximum Gasteiger partial charge on any atom is 0.0239 e. The van der Waals surface area contributed by atoms with E-state index in [9.17, 15) is 0 Å². The maximum atomic E-state index is 3.60. The molecule has 0 unspecified atom stereocenters. The molecule has 0 radical (unpaired) electrons. The zero-order chi connectivity index (χ0) is 14.4. The lowest BCUT2D eigenvalue weighted by molar-refractivity contribution is 0.143. The molecular weight excluding hydrogens is 244 g/mol. The number of nitrogens with zero attached hydrogens (tertiary/aromatic N) is 1. The number of hydrogen-bond donors (Lipinski definition) is 1. The van der Waals surface area contributed by atoms with Crippen LogP contribution in [0.5, 0.6) is 0 Å². The lowest BCUT2D eigenvalue weighted by atomic mass is 9.89. The molecule has 1 aromatic rings. The van der Waals surface area contributed by atoms with Gasteiger partial charge in [-0.05, 0) is 56.8 Å². The quantitative estimate of drug-likeness (QED) is 0.850. The molecule has 2 rings (SSSR count). The first-order valence-electron chi connectivity index (χ1n) is 8.26. The first-order valence-corrected chi connectivity index (χ1v) is 8.26. The minimum absolute atomic E-state index is 0.758. The van der Waals surface area contributed by atoms with Crippen molar-refractivity contribution >= 4 is 0 Å². The van der Waals surface area contributed by atoms with Crippen LogP contribution in [0.4, 0.5) is 0 Å². The summed E-state index contributed by atoms with van der Waals surface area (Å²) in [6, 6.07) is 10.3. The van der Waals surface area contributed by atoms with Gasteiger partial charge in [-0.3, -0.25) is 4.90 Å². The third kappa shape index (κ3) is 4.07. The van der Waals surface area contributed by atoms with Crippen LogP contribution in [0, 0.1) is 6.92 Å². The number of benzene rings is 1. The zero-order valence-electron chi connectivity index (χ0n) is 13.4. The van der Waals surface area contributed by atoms with E-state index >= 15 is 0 Å². The SMILES string of the molecule is CCNC1CCC(N(CC)Cc2ccccc2C)CC1. The van der Waals surface area contributed by atoms with Crippen LogP contribution in [0.3, 0.4) is 0 Å². The fourth-order valence-electron chi connectivity index (χ4n) is 3.44. The zero-order valence-corrected chi connectivity index (χ0v) is 13.4. The van der Waals surface area contributed by atoms with Crippen molar-refractivity contribution in [3.8, 4) is 0 Å². The number of aryl methyl sites for hydroxylation is 1. The van der Waals surface area contributed by atoms with E-state index in [-0.39, 0.29) is 0 Å². The van der Waals surface area contributed by atoms with Crippen LogP contribution in [0.15, 0.2) is 24.3 Å². The molecular formula is C18H30N2. The van der Waals surface area contributed by atoms with Crippen molar-refractivity contribution in [1.29, 1.82) is 0 Å². The van der Waals surface area contributed by atoms with E-state index in [1.807, 2.05) is 0 Å². The predicted molar refractivity (Wildman–Crippen MR) is 87.0 cm³/mol. The molecule has 1 aliphatic rings. The number of hydrogen-bond acceptors (Lipinski definition) is 2. The normalized spacial score (nSPS) is 23.2. The van der Waals surface area contributed by atoms with Gasteiger partial charge in [-0.1, -0.05) is 38.1 Å². The van der Waals surface area contributed by atoms with Crippen molar-refractivity contribution in [3.63, 3.8) is 0 Å². The minimum atomic E-state index is 0.758. The summed E-state index contributed by atoms with van der Waals surface area (Å²) >= 11 is 0. The Morgan fingerprint density at radius 3 is 2.40 bits per heavy atom. The van der Waals surface area contributed by atoms with Crippen LogP contribution in [-0.2, 0) is 6.54 Å². The Morgan fingerprint density at radius 1 is 1.10 bits per heavy atom. The molecule has 0 bridgehead atoms. The summed E-state index contributed by atoms with van der Waals surface area (Å²) in [7, 11) is 0. The molecule has 1 fully saturated rings. The molecule has 2 nitrogen and oxygen atoms in total. The van der Waals surface area contributed by atoms with Gasteiger partial charge in [0, 0.05) is 18.6 Å². The molecule has 0 atom stereocenters. The second-order valence-electron chi connectivity index (χ2n) is 6.05. The van der Waals surface area contributed by atoms with Gasteiger partial charge in [0.15, 0.2) is 0 Å². The van der Waals surface area contributed by atoms with Gasteiger partial charge in [0.05, 0.1) is 0 Å². The predicted octanol–water partition coefficient (Wildman–Crippen LogP) is 3.74. The van der Waals surface area contributed by atoms with E-state index in [1.54, 1.807) is 0 Å². The average Bonchev–Trinajstić information content (AvgIpc) is 2.48. The van der Waals surface area contributed by atoms with Gasteiger partial charge in [-0.25, -0.2) is 0 Å². The Labute approximate surface area is 124 Å². The van der Waals surface area contributed by atoms with Crippen LogP contribution in [0.1, 0.15) is 50.7 Å². The summed E-state index contributed by atoms with van der Waals surface area (Å²) in [5.41, 5.74) is 2.91. The molecule has 2 heteroatoms. The third-order valence-electron chi connectivity index (χ3n) is 4.75. The first kappa shape index (κ1) is 15.5. The highest BCUT2D eigenvalue weighted by molar-refractivity contribution is 5.25.